The molecule has 2 rings (SSSR count). The number of hydrogen-bond donors (Lipinski definition) is 1. The van der Waals surface area contributed by atoms with Gasteiger partial charge in [0.1, 0.15) is 5.75 Å². The van der Waals surface area contributed by atoms with Gasteiger partial charge in [-0.1, -0.05) is 18.2 Å². The molecule has 3 nitrogen and oxygen atoms in total. The van der Waals surface area contributed by atoms with Crippen molar-refractivity contribution >= 4 is 12.4 Å². The summed E-state index contributed by atoms with van der Waals surface area (Å²) in [6.45, 7) is 0.441. The lowest BCUT2D eigenvalue weighted by Gasteiger charge is -2.18. The number of halogens is 3. The number of rotatable bonds is 5. The zero-order valence-electron chi connectivity index (χ0n) is 10.6. The first-order chi connectivity index (χ1) is 8.69. The molecular weight excluding hydrogens is 274 g/mol. The van der Waals surface area contributed by atoms with E-state index in [1.807, 2.05) is 12.1 Å². The average Bonchev–Trinajstić information content (AvgIpc) is 2.79. The lowest BCUT2D eigenvalue weighted by atomic mass is 10.1. The summed E-state index contributed by atoms with van der Waals surface area (Å²) in [5, 5.41) is 0. The SMILES string of the molecule is Cl.NCC1CCN(Cc2ccccc2OC(F)F)C1. The monoisotopic (exact) mass is 292 g/mol. The molecule has 0 saturated carbocycles. The van der Waals surface area contributed by atoms with Gasteiger partial charge in [0.25, 0.3) is 0 Å². The molecule has 1 atom stereocenters. The van der Waals surface area contributed by atoms with Crippen LogP contribution in [0.2, 0.25) is 0 Å². The van der Waals surface area contributed by atoms with Gasteiger partial charge in [0, 0.05) is 18.7 Å². The van der Waals surface area contributed by atoms with Gasteiger partial charge >= 0.3 is 6.61 Å². The molecule has 1 unspecified atom stereocenters. The van der Waals surface area contributed by atoms with E-state index in [1.165, 1.54) is 0 Å². The van der Waals surface area contributed by atoms with Gasteiger partial charge in [-0.25, -0.2) is 0 Å². The fourth-order valence-corrected chi connectivity index (χ4v) is 2.34. The Hall–Kier alpha value is -0.910. The van der Waals surface area contributed by atoms with Crippen LogP contribution in [0.3, 0.4) is 0 Å². The first kappa shape index (κ1) is 16.1. The largest absolute Gasteiger partial charge is 0.434 e. The van der Waals surface area contributed by atoms with Crippen molar-refractivity contribution in [3.05, 3.63) is 29.8 Å². The minimum absolute atomic E-state index is 0. The van der Waals surface area contributed by atoms with Gasteiger partial charge < -0.3 is 10.5 Å². The third-order valence-corrected chi connectivity index (χ3v) is 3.29. The van der Waals surface area contributed by atoms with Crippen LogP contribution in [0.25, 0.3) is 0 Å². The molecule has 1 fully saturated rings. The van der Waals surface area contributed by atoms with Gasteiger partial charge in [0.15, 0.2) is 0 Å². The Morgan fingerprint density at radius 1 is 1.37 bits per heavy atom. The van der Waals surface area contributed by atoms with Crippen LogP contribution in [0, 0.1) is 5.92 Å². The summed E-state index contributed by atoms with van der Waals surface area (Å²) < 4.78 is 29.1. The zero-order chi connectivity index (χ0) is 13.0. The molecule has 6 heteroatoms. The van der Waals surface area contributed by atoms with E-state index in [0.717, 1.165) is 25.1 Å². The van der Waals surface area contributed by atoms with Gasteiger partial charge in [-0.2, -0.15) is 8.78 Å². The van der Waals surface area contributed by atoms with E-state index in [4.69, 9.17) is 5.73 Å². The van der Waals surface area contributed by atoms with Crippen LogP contribution >= 0.6 is 12.4 Å². The summed E-state index contributed by atoms with van der Waals surface area (Å²) in [7, 11) is 0. The summed E-state index contributed by atoms with van der Waals surface area (Å²) in [6.07, 6.45) is 1.08. The summed E-state index contributed by atoms with van der Waals surface area (Å²) in [4.78, 5) is 2.23. The third-order valence-electron chi connectivity index (χ3n) is 3.29. The van der Waals surface area contributed by atoms with E-state index in [-0.39, 0.29) is 18.2 Å². The van der Waals surface area contributed by atoms with Gasteiger partial charge in [0.05, 0.1) is 0 Å². The third kappa shape index (κ3) is 4.60. The number of alkyl halides is 2. The zero-order valence-corrected chi connectivity index (χ0v) is 11.4. The summed E-state index contributed by atoms with van der Waals surface area (Å²) in [6, 6.07) is 6.95. The van der Waals surface area contributed by atoms with Crippen molar-refractivity contribution in [3.8, 4) is 5.75 Å². The van der Waals surface area contributed by atoms with E-state index in [0.29, 0.717) is 19.0 Å². The summed E-state index contributed by atoms with van der Waals surface area (Å²) in [5.41, 5.74) is 6.44. The number of benzene rings is 1. The smallest absolute Gasteiger partial charge is 0.387 e. The van der Waals surface area contributed by atoms with Crippen molar-refractivity contribution in [2.24, 2.45) is 11.7 Å². The molecule has 1 aromatic carbocycles. The maximum absolute atomic E-state index is 12.3. The van der Waals surface area contributed by atoms with Gasteiger partial charge in [0.2, 0.25) is 0 Å². The van der Waals surface area contributed by atoms with E-state index < -0.39 is 6.61 Å². The highest BCUT2D eigenvalue weighted by atomic mass is 35.5. The van der Waals surface area contributed by atoms with Gasteiger partial charge in [-0.15, -0.1) is 12.4 Å². The minimum atomic E-state index is -2.78. The normalized spacial score (nSPS) is 19.5. The first-order valence-electron chi connectivity index (χ1n) is 6.14. The van der Waals surface area contributed by atoms with E-state index in [2.05, 4.69) is 9.64 Å². The quantitative estimate of drug-likeness (QED) is 0.906. The number of nitrogens with two attached hydrogens (primary N) is 1. The lowest BCUT2D eigenvalue weighted by molar-refractivity contribution is -0.0507. The second-order valence-corrected chi connectivity index (χ2v) is 4.61. The molecule has 0 radical (unpaired) electrons. The molecular formula is C13H19ClF2N2O. The van der Waals surface area contributed by atoms with Crippen LogP contribution in [0.1, 0.15) is 12.0 Å². The van der Waals surface area contributed by atoms with Crippen molar-refractivity contribution in [2.45, 2.75) is 19.6 Å². The molecule has 108 valence electrons. The Morgan fingerprint density at radius 2 is 2.11 bits per heavy atom. The maximum atomic E-state index is 12.3. The number of para-hydroxylation sites is 1. The number of hydrogen-bond acceptors (Lipinski definition) is 3. The molecule has 0 spiro atoms. The second kappa shape index (κ2) is 7.62. The molecule has 19 heavy (non-hydrogen) atoms. The van der Waals surface area contributed by atoms with Gasteiger partial charge in [-0.3, -0.25) is 4.90 Å². The average molecular weight is 293 g/mol. The molecule has 1 aliphatic rings. The molecule has 1 aromatic rings. The molecule has 0 amide bonds. The summed E-state index contributed by atoms with van der Waals surface area (Å²) >= 11 is 0. The Kier molecular flexibility index (Phi) is 6.48. The van der Waals surface area contributed by atoms with Crippen molar-refractivity contribution in [3.63, 3.8) is 0 Å². The van der Waals surface area contributed by atoms with Crippen LogP contribution in [-0.4, -0.2) is 31.1 Å². The predicted octanol–water partition coefficient (Wildman–Crippen LogP) is 2.49. The van der Waals surface area contributed by atoms with Crippen molar-refractivity contribution in [1.29, 1.82) is 0 Å². The first-order valence-corrected chi connectivity index (χ1v) is 6.14. The highest BCUT2D eigenvalue weighted by Crippen LogP contribution is 2.24. The Morgan fingerprint density at radius 3 is 2.74 bits per heavy atom. The topological polar surface area (TPSA) is 38.5 Å². The van der Waals surface area contributed by atoms with Gasteiger partial charge in [-0.05, 0) is 31.5 Å². The van der Waals surface area contributed by atoms with Crippen LogP contribution in [-0.2, 0) is 6.54 Å². The highest BCUT2D eigenvalue weighted by Gasteiger charge is 2.22. The molecule has 0 aromatic heterocycles. The summed E-state index contributed by atoms with van der Waals surface area (Å²) in [5.74, 6) is 0.789. The van der Waals surface area contributed by atoms with Crippen LogP contribution in [0.5, 0.6) is 5.75 Å². The highest BCUT2D eigenvalue weighted by molar-refractivity contribution is 5.85. The lowest BCUT2D eigenvalue weighted by Crippen LogP contribution is -2.23. The standard InChI is InChI=1S/C13H18F2N2O.ClH/c14-13(15)18-12-4-2-1-3-11(12)9-17-6-5-10(7-16)8-17;/h1-4,10,13H,5-9,16H2;1H. The number of nitrogens with zero attached hydrogens (tertiary/aromatic N) is 1. The molecule has 1 aliphatic heterocycles. The minimum Gasteiger partial charge on any atom is -0.434 e. The molecule has 0 aliphatic carbocycles. The van der Waals surface area contributed by atoms with Crippen molar-refractivity contribution in [2.75, 3.05) is 19.6 Å². The second-order valence-electron chi connectivity index (χ2n) is 4.61. The fraction of sp³-hybridized carbons (Fsp3) is 0.538. The van der Waals surface area contributed by atoms with E-state index in [9.17, 15) is 8.78 Å². The number of ether oxygens (including phenoxy) is 1. The van der Waals surface area contributed by atoms with E-state index >= 15 is 0 Å². The fourth-order valence-electron chi connectivity index (χ4n) is 2.34. The van der Waals surface area contributed by atoms with Crippen LogP contribution < -0.4 is 10.5 Å². The predicted molar refractivity (Wildman–Crippen MR) is 72.8 cm³/mol. The molecule has 1 heterocycles. The molecule has 2 N–H and O–H groups in total. The van der Waals surface area contributed by atoms with Crippen molar-refractivity contribution < 1.29 is 13.5 Å². The maximum Gasteiger partial charge on any atom is 0.387 e. The van der Waals surface area contributed by atoms with E-state index in [1.54, 1.807) is 12.1 Å². The Labute approximate surface area is 118 Å². The Bertz CT molecular complexity index is 393. The Balaban J connectivity index is 0.00000180. The molecule has 0 bridgehead atoms. The van der Waals surface area contributed by atoms with Crippen LogP contribution in [0.4, 0.5) is 8.78 Å². The number of likely N-dealkylation sites (tertiary alicyclic amines) is 1. The van der Waals surface area contributed by atoms with Crippen LogP contribution in [0.15, 0.2) is 24.3 Å². The molecule has 1 saturated heterocycles. The van der Waals surface area contributed by atoms with Crippen molar-refractivity contribution in [1.82, 2.24) is 4.90 Å².